The maximum Gasteiger partial charge on any atom is 0.138 e. The Morgan fingerprint density at radius 2 is 1.74 bits per heavy atom. The summed E-state index contributed by atoms with van der Waals surface area (Å²) in [5, 5.41) is 20.4. The minimum atomic E-state index is -0.738. The van der Waals surface area contributed by atoms with Crippen LogP contribution in [0.4, 0.5) is 0 Å². The molecule has 2 atom stereocenters. The zero-order chi connectivity index (χ0) is 24.7. The van der Waals surface area contributed by atoms with Gasteiger partial charge < -0.3 is 24.4 Å². The average Bonchev–Trinajstić information content (AvgIpc) is 2.82. The second-order valence-corrected chi connectivity index (χ2v) is 9.96. The maximum absolute atomic E-state index is 10.3. The van der Waals surface area contributed by atoms with Crippen LogP contribution in [-0.2, 0) is 10.2 Å². The summed E-state index contributed by atoms with van der Waals surface area (Å²) in [5.41, 5.74) is 2.97. The zero-order valence-electron chi connectivity index (χ0n) is 20.1. The molecule has 0 aliphatic carbocycles. The van der Waals surface area contributed by atoms with E-state index in [0.29, 0.717) is 30.5 Å². The van der Waals surface area contributed by atoms with Crippen LogP contribution in [0.3, 0.4) is 0 Å². The average molecular weight is 512 g/mol. The predicted molar refractivity (Wildman–Crippen MR) is 136 cm³/mol. The van der Waals surface area contributed by atoms with Crippen molar-refractivity contribution in [1.29, 1.82) is 0 Å². The van der Waals surface area contributed by atoms with E-state index in [-0.39, 0.29) is 24.5 Å². The van der Waals surface area contributed by atoms with E-state index >= 15 is 0 Å². The molecule has 6 nitrogen and oxygen atoms in total. The topological polar surface area (TPSA) is 71.4 Å². The van der Waals surface area contributed by atoms with Crippen LogP contribution < -0.4 is 9.47 Å². The Morgan fingerprint density at radius 3 is 2.38 bits per heavy atom. The minimum absolute atomic E-state index is 0.0909. The third kappa shape index (κ3) is 7.23. The van der Waals surface area contributed by atoms with Gasteiger partial charge in [0.1, 0.15) is 36.9 Å². The molecule has 1 heterocycles. The highest BCUT2D eigenvalue weighted by Crippen LogP contribution is 2.38. The number of hydrogen-bond acceptors (Lipinski definition) is 6. The van der Waals surface area contributed by atoms with Gasteiger partial charge >= 0.3 is 0 Å². The SMILES string of the molecule is Cc1cc(OC[C@H](O)CN2CCOCC2)ccc1C(C)(C)c1ccc(OC[C@H](O)CCl)c(Cl)c1. The van der Waals surface area contributed by atoms with Crippen LogP contribution in [0, 0.1) is 6.92 Å². The summed E-state index contributed by atoms with van der Waals surface area (Å²) >= 11 is 12.1. The van der Waals surface area contributed by atoms with Crippen molar-refractivity contribution in [1.82, 2.24) is 4.90 Å². The number of β-amino-alcohol motifs (C(OH)–C–C–N with tert-alkyl or cyclic N) is 1. The van der Waals surface area contributed by atoms with Crippen molar-refractivity contribution in [2.24, 2.45) is 0 Å². The largest absolute Gasteiger partial charge is 0.491 e. The van der Waals surface area contributed by atoms with E-state index in [1.54, 1.807) is 0 Å². The highest BCUT2D eigenvalue weighted by atomic mass is 35.5. The highest BCUT2D eigenvalue weighted by Gasteiger charge is 2.26. The molecule has 0 unspecified atom stereocenters. The van der Waals surface area contributed by atoms with Crippen molar-refractivity contribution in [3.63, 3.8) is 0 Å². The number of halogens is 2. The molecule has 0 aromatic heterocycles. The van der Waals surface area contributed by atoms with Crippen LogP contribution in [0.25, 0.3) is 0 Å². The lowest BCUT2D eigenvalue weighted by Crippen LogP contribution is -2.42. The first-order valence-corrected chi connectivity index (χ1v) is 12.5. The number of hydrogen-bond donors (Lipinski definition) is 2. The van der Waals surface area contributed by atoms with Crippen molar-refractivity contribution >= 4 is 23.2 Å². The van der Waals surface area contributed by atoms with E-state index in [1.165, 1.54) is 0 Å². The predicted octanol–water partition coefficient (Wildman–Crippen LogP) is 4.02. The summed E-state index contributed by atoms with van der Waals surface area (Å²) in [6, 6.07) is 11.7. The molecule has 1 fully saturated rings. The fourth-order valence-electron chi connectivity index (χ4n) is 4.15. The third-order valence-corrected chi connectivity index (χ3v) is 6.80. The summed E-state index contributed by atoms with van der Waals surface area (Å²) in [5.74, 6) is 1.35. The lowest BCUT2D eigenvalue weighted by Gasteiger charge is -2.29. The molecule has 0 amide bonds. The van der Waals surface area contributed by atoms with Crippen LogP contribution in [0.5, 0.6) is 11.5 Å². The van der Waals surface area contributed by atoms with Gasteiger partial charge in [0.05, 0.1) is 24.1 Å². The lowest BCUT2D eigenvalue weighted by molar-refractivity contribution is 0.00464. The molecular formula is C26H35Cl2NO5. The summed E-state index contributed by atoms with van der Waals surface area (Å²) in [6.07, 6.45) is -1.29. The van der Waals surface area contributed by atoms with Crippen LogP contribution in [0.15, 0.2) is 36.4 Å². The first-order valence-electron chi connectivity index (χ1n) is 11.6. The van der Waals surface area contributed by atoms with Gasteiger partial charge in [-0.3, -0.25) is 4.90 Å². The Hall–Kier alpha value is -1.54. The van der Waals surface area contributed by atoms with E-state index in [9.17, 15) is 10.2 Å². The molecule has 0 saturated carbocycles. The summed E-state index contributed by atoms with van der Waals surface area (Å²) in [6.45, 7) is 10.4. The van der Waals surface area contributed by atoms with E-state index in [1.807, 2.05) is 30.3 Å². The summed E-state index contributed by atoms with van der Waals surface area (Å²) in [4.78, 5) is 2.19. The van der Waals surface area contributed by atoms with Crippen molar-refractivity contribution in [3.8, 4) is 11.5 Å². The number of alkyl halides is 1. The zero-order valence-corrected chi connectivity index (χ0v) is 21.6. The number of aliphatic hydroxyl groups is 2. The standard InChI is InChI=1S/C26H35Cl2NO5/c1-18-12-22(33-17-21(31)15-29-8-10-32-11-9-29)5-6-23(18)26(2,3)19-4-7-25(24(28)13-19)34-16-20(30)14-27/h4-7,12-13,20-21,30-31H,8-11,14-17H2,1-3H3/t20-,21-/m1/s1. The number of aliphatic hydroxyl groups excluding tert-OH is 2. The van der Waals surface area contributed by atoms with Crippen LogP contribution in [0.2, 0.25) is 5.02 Å². The quantitative estimate of drug-likeness (QED) is 0.444. The number of nitrogens with zero attached hydrogens (tertiary/aromatic N) is 1. The molecular weight excluding hydrogens is 477 g/mol. The molecule has 8 heteroatoms. The van der Waals surface area contributed by atoms with Crippen molar-refractivity contribution in [2.45, 2.75) is 38.4 Å². The molecule has 2 aromatic carbocycles. The Labute approximate surface area is 212 Å². The lowest BCUT2D eigenvalue weighted by atomic mass is 9.76. The smallest absolute Gasteiger partial charge is 0.138 e. The second-order valence-electron chi connectivity index (χ2n) is 9.24. The maximum atomic E-state index is 10.3. The first-order chi connectivity index (χ1) is 16.2. The second kappa shape index (κ2) is 12.4. The Morgan fingerprint density at radius 1 is 1.03 bits per heavy atom. The van der Waals surface area contributed by atoms with Gasteiger partial charge in [0, 0.05) is 25.0 Å². The van der Waals surface area contributed by atoms with Crippen LogP contribution >= 0.6 is 23.2 Å². The molecule has 2 N–H and O–H groups in total. The molecule has 0 spiro atoms. The normalized spacial score (nSPS) is 16.8. The van der Waals surface area contributed by atoms with Crippen molar-refractivity contribution < 1.29 is 24.4 Å². The molecule has 34 heavy (non-hydrogen) atoms. The molecule has 1 aliphatic heterocycles. The van der Waals surface area contributed by atoms with Crippen molar-refractivity contribution in [2.75, 3.05) is 51.9 Å². The van der Waals surface area contributed by atoms with Crippen molar-refractivity contribution in [3.05, 3.63) is 58.1 Å². The summed E-state index contributed by atoms with van der Waals surface area (Å²) in [7, 11) is 0. The van der Waals surface area contributed by atoms with E-state index in [2.05, 4.69) is 31.7 Å². The molecule has 2 aromatic rings. The third-order valence-electron chi connectivity index (χ3n) is 6.15. The van der Waals surface area contributed by atoms with Gasteiger partial charge in [0.2, 0.25) is 0 Å². The van der Waals surface area contributed by atoms with E-state index in [0.717, 1.165) is 35.5 Å². The van der Waals surface area contributed by atoms with Gasteiger partial charge in [-0.15, -0.1) is 11.6 Å². The van der Waals surface area contributed by atoms with Gasteiger partial charge in [-0.1, -0.05) is 37.6 Å². The number of benzene rings is 2. The number of aryl methyl sites for hydroxylation is 1. The van der Waals surface area contributed by atoms with Crippen LogP contribution in [0.1, 0.15) is 30.5 Å². The number of morpholine rings is 1. The van der Waals surface area contributed by atoms with E-state index in [4.69, 9.17) is 37.4 Å². The van der Waals surface area contributed by atoms with Gasteiger partial charge in [0.25, 0.3) is 0 Å². The first kappa shape index (κ1) is 27.1. The molecule has 3 rings (SSSR count). The number of ether oxygens (including phenoxy) is 3. The van der Waals surface area contributed by atoms with Gasteiger partial charge in [-0.05, 0) is 47.9 Å². The van der Waals surface area contributed by atoms with E-state index < -0.39 is 12.2 Å². The Kier molecular flexibility index (Phi) is 9.89. The molecule has 0 bridgehead atoms. The van der Waals surface area contributed by atoms with Gasteiger partial charge in [-0.2, -0.15) is 0 Å². The number of rotatable bonds is 11. The fraction of sp³-hybridized carbons (Fsp3) is 0.538. The Balaban J connectivity index is 1.63. The minimum Gasteiger partial charge on any atom is -0.491 e. The summed E-state index contributed by atoms with van der Waals surface area (Å²) < 4.78 is 16.8. The molecule has 0 radical (unpaired) electrons. The van der Waals surface area contributed by atoms with Gasteiger partial charge in [-0.25, -0.2) is 0 Å². The molecule has 188 valence electrons. The highest BCUT2D eigenvalue weighted by molar-refractivity contribution is 6.32. The molecule has 1 saturated heterocycles. The van der Waals surface area contributed by atoms with Gasteiger partial charge in [0.15, 0.2) is 0 Å². The molecule has 1 aliphatic rings. The Bertz CT molecular complexity index is 933. The monoisotopic (exact) mass is 511 g/mol. The van der Waals surface area contributed by atoms with Crippen LogP contribution in [-0.4, -0.2) is 79.3 Å². The fourth-order valence-corrected chi connectivity index (χ4v) is 4.47.